The Morgan fingerprint density at radius 2 is 1.78 bits per heavy atom. The molecule has 0 unspecified atom stereocenters. The van der Waals surface area contributed by atoms with Gasteiger partial charge in [-0.1, -0.05) is 42.5 Å². The first-order valence-corrected chi connectivity index (χ1v) is 9.63. The average molecular weight is 368 g/mol. The number of rotatable bonds is 8. The smallest absolute Gasteiger partial charge is 0.227 e. The predicted molar refractivity (Wildman–Crippen MR) is 106 cm³/mol. The van der Waals surface area contributed by atoms with Crippen LogP contribution in [0.15, 0.2) is 54.6 Å². The zero-order valence-electron chi connectivity index (χ0n) is 15.6. The molecule has 0 aromatic heterocycles. The van der Waals surface area contributed by atoms with Crippen molar-refractivity contribution in [3.63, 3.8) is 0 Å². The highest BCUT2D eigenvalue weighted by molar-refractivity contribution is 5.84. The molecule has 1 atom stereocenters. The van der Waals surface area contributed by atoms with E-state index < -0.39 is 0 Å². The van der Waals surface area contributed by atoms with Crippen molar-refractivity contribution < 1.29 is 14.6 Å². The van der Waals surface area contributed by atoms with E-state index in [1.54, 1.807) is 12.1 Å². The van der Waals surface area contributed by atoms with E-state index in [1.807, 2.05) is 42.5 Å². The molecule has 144 valence electrons. The molecule has 0 aliphatic carbocycles. The van der Waals surface area contributed by atoms with E-state index in [9.17, 15) is 9.90 Å². The van der Waals surface area contributed by atoms with Crippen LogP contribution in [0.5, 0.6) is 5.75 Å². The third-order valence-corrected chi connectivity index (χ3v) is 4.95. The molecule has 0 bridgehead atoms. The molecule has 2 N–H and O–H groups in total. The minimum atomic E-state index is -0.237. The number of carbonyl (C=O) groups is 1. The quantitative estimate of drug-likeness (QED) is 0.703. The van der Waals surface area contributed by atoms with Crippen LogP contribution in [-0.2, 0) is 16.0 Å². The maximum absolute atomic E-state index is 12.9. The second-order valence-corrected chi connectivity index (χ2v) is 6.93. The second-order valence-electron chi connectivity index (χ2n) is 6.93. The number of ether oxygens (including phenoxy) is 1. The highest BCUT2D eigenvalue weighted by Crippen LogP contribution is 2.22. The fourth-order valence-corrected chi connectivity index (χ4v) is 3.38. The van der Waals surface area contributed by atoms with Crippen molar-refractivity contribution in [3.05, 3.63) is 65.7 Å². The first-order chi connectivity index (χ1) is 13.2. The summed E-state index contributed by atoms with van der Waals surface area (Å²) in [6, 6.07) is 17.0. The van der Waals surface area contributed by atoms with Gasteiger partial charge in [0.15, 0.2) is 0 Å². The Bertz CT molecular complexity index is 697. The van der Waals surface area contributed by atoms with Gasteiger partial charge in [0.05, 0.1) is 19.1 Å². The Hall–Kier alpha value is -2.37. The molecule has 2 aromatic carbocycles. The number of morpholine rings is 1. The van der Waals surface area contributed by atoms with Crippen molar-refractivity contribution in [1.82, 2.24) is 10.2 Å². The summed E-state index contributed by atoms with van der Waals surface area (Å²) >= 11 is 0. The highest BCUT2D eigenvalue weighted by Gasteiger charge is 2.21. The molecule has 0 radical (unpaired) electrons. The van der Waals surface area contributed by atoms with E-state index in [2.05, 4.69) is 10.2 Å². The highest BCUT2D eigenvalue weighted by atomic mass is 16.5. The van der Waals surface area contributed by atoms with Crippen LogP contribution >= 0.6 is 0 Å². The summed E-state index contributed by atoms with van der Waals surface area (Å²) in [5.41, 5.74) is 2.04. The van der Waals surface area contributed by atoms with Gasteiger partial charge in [-0.2, -0.15) is 0 Å². The molecule has 5 nitrogen and oxygen atoms in total. The molecule has 2 aromatic rings. The van der Waals surface area contributed by atoms with E-state index in [0.29, 0.717) is 13.0 Å². The SMILES string of the molecule is O=C(NCCCN1CCOCC1)[C@H](Cc1ccc(O)cc1)c1ccccc1. The summed E-state index contributed by atoms with van der Waals surface area (Å²) in [5, 5.41) is 12.6. The van der Waals surface area contributed by atoms with Gasteiger partial charge in [0.1, 0.15) is 5.75 Å². The van der Waals surface area contributed by atoms with Crippen LogP contribution in [0, 0.1) is 0 Å². The molecule has 0 saturated carbocycles. The van der Waals surface area contributed by atoms with Crippen LogP contribution in [0.25, 0.3) is 0 Å². The van der Waals surface area contributed by atoms with Crippen molar-refractivity contribution in [2.24, 2.45) is 0 Å². The lowest BCUT2D eigenvalue weighted by atomic mass is 9.91. The summed E-state index contributed by atoms with van der Waals surface area (Å²) in [7, 11) is 0. The number of nitrogens with zero attached hydrogens (tertiary/aromatic N) is 1. The van der Waals surface area contributed by atoms with Crippen LogP contribution in [0.4, 0.5) is 0 Å². The Morgan fingerprint density at radius 3 is 2.48 bits per heavy atom. The van der Waals surface area contributed by atoms with Crippen molar-refractivity contribution in [3.8, 4) is 5.75 Å². The van der Waals surface area contributed by atoms with Crippen LogP contribution < -0.4 is 5.32 Å². The van der Waals surface area contributed by atoms with Gasteiger partial charge >= 0.3 is 0 Å². The normalized spacial score (nSPS) is 16.0. The number of hydrogen-bond donors (Lipinski definition) is 2. The minimum Gasteiger partial charge on any atom is -0.508 e. The van der Waals surface area contributed by atoms with Crippen molar-refractivity contribution >= 4 is 5.91 Å². The third kappa shape index (κ3) is 6.08. The number of benzene rings is 2. The number of hydrogen-bond acceptors (Lipinski definition) is 4. The number of phenols is 1. The fourth-order valence-electron chi connectivity index (χ4n) is 3.38. The van der Waals surface area contributed by atoms with Gasteiger partial charge in [0.25, 0.3) is 0 Å². The number of carbonyl (C=O) groups excluding carboxylic acids is 1. The van der Waals surface area contributed by atoms with Crippen LogP contribution in [0.1, 0.15) is 23.5 Å². The summed E-state index contributed by atoms with van der Waals surface area (Å²) in [6.45, 7) is 5.21. The van der Waals surface area contributed by atoms with E-state index in [4.69, 9.17) is 4.74 Å². The molecule has 1 aliphatic heterocycles. The van der Waals surface area contributed by atoms with Crippen LogP contribution in [0.2, 0.25) is 0 Å². The molecule has 1 saturated heterocycles. The molecular weight excluding hydrogens is 340 g/mol. The summed E-state index contributed by atoms with van der Waals surface area (Å²) < 4.78 is 5.36. The Morgan fingerprint density at radius 1 is 1.07 bits per heavy atom. The number of aromatic hydroxyl groups is 1. The Balaban J connectivity index is 1.56. The molecule has 1 aliphatic rings. The van der Waals surface area contributed by atoms with Gasteiger partial charge in [-0.15, -0.1) is 0 Å². The van der Waals surface area contributed by atoms with E-state index in [0.717, 1.165) is 50.4 Å². The predicted octanol–water partition coefficient (Wildman–Crippen LogP) is 2.56. The monoisotopic (exact) mass is 368 g/mol. The average Bonchev–Trinajstić information content (AvgIpc) is 2.72. The largest absolute Gasteiger partial charge is 0.508 e. The maximum Gasteiger partial charge on any atom is 0.227 e. The molecule has 1 amide bonds. The molecule has 0 spiro atoms. The third-order valence-electron chi connectivity index (χ3n) is 4.95. The van der Waals surface area contributed by atoms with Gasteiger partial charge < -0.3 is 15.2 Å². The first-order valence-electron chi connectivity index (χ1n) is 9.63. The van der Waals surface area contributed by atoms with Crippen LogP contribution in [-0.4, -0.2) is 55.3 Å². The molecular formula is C22H28N2O3. The summed E-state index contributed by atoms with van der Waals surface area (Å²) in [6.07, 6.45) is 1.55. The lowest BCUT2D eigenvalue weighted by Gasteiger charge is -2.26. The number of phenolic OH excluding ortho intramolecular Hbond substituents is 1. The molecule has 1 fully saturated rings. The van der Waals surface area contributed by atoms with Gasteiger partial charge in [0.2, 0.25) is 5.91 Å². The Labute approximate surface area is 161 Å². The number of amides is 1. The second kappa shape index (κ2) is 10.1. The summed E-state index contributed by atoms with van der Waals surface area (Å²) in [5.74, 6) is 0.0537. The van der Waals surface area contributed by atoms with E-state index >= 15 is 0 Å². The zero-order valence-corrected chi connectivity index (χ0v) is 15.6. The first kappa shape index (κ1) is 19.4. The molecule has 1 heterocycles. The minimum absolute atomic E-state index is 0.0521. The standard InChI is InChI=1S/C22H28N2O3/c25-20-9-7-18(8-10-20)17-21(19-5-2-1-3-6-19)22(26)23-11-4-12-24-13-15-27-16-14-24/h1-3,5-10,21,25H,4,11-17H2,(H,23,26)/t21-/m1/s1. The zero-order chi connectivity index (χ0) is 18.9. The van der Waals surface area contributed by atoms with Crippen molar-refractivity contribution in [2.75, 3.05) is 39.4 Å². The number of nitrogens with one attached hydrogen (secondary N) is 1. The van der Waals surface area contributed by atoms with Gasteiger partial charge in [-0.05, 0) is 42.6 Å². The lowest BCUT2D eigenvalue weighted by molar-refractivity contribution is -0.122. The molecule has 27 heavy (non-hydrogen) atoms. The Kier molecular flexibility index (Phi) is 7.25. The van der Waals surface area contributed by atoms with Crippen molar-refractivity contribution in [2.45, 2.75) is 18.8 Å². The van der Waals surface area contributed by atoms with Gasteiger partial charge in [-0.25, -0.2) is 0 Å². The summed E-state index contributed by atoms with van der Waals surface area (Å²) in [4.78, 5) is 15.2. The molecule has 3 rings (SSSR count). The van der Waals surface area contributed by atoms with E-state index in [-0.39, 0.29) is 17.6 Å². The van der Waals surface area contributed by atoms with E-state index in [1.165, 1.54) is 0 Å². The lowest BCUT2D eigenvalue weighted by Crippen LogP contribution is -2.38. The molecule has 5 heteroatoms. The van der Waals surface area contributed by atoms with Gasteiger partial charge in [0, 0.05) is 19.6 Å². The van der Waals surface area contributed by atoms with Crippen molar-refractivity contribution in [1.29, 1.82) is 0 Å². The topological polar surface area (TPSA) is 61.8 Å². The fraction of sp³-hybridized carbons (Fsp3) is 0.409. The maximum atomic E-state index is 12.9. The van der Waals surface area contributed by atoms with Gasteiger partial charge in [-0.3, -0.25) is 9.69 Å². The van der Waals surface area contributed by atoms with Crippen LogP contribution in [0.3, 0.4) is 0 Å².